The van der Waals surface area contributed by atoms with Crippen LogP contribution in [0.1, 0.15) is 35.7 Å². The summed E-state index contributed by atoms with van der Waals surface area (Å²) in [5, 5.41) is 10.5. The molecule has 19 heavy (non-hydrogen) atoms. The van der Waals surface area contributed by atoms with Gasteiger partial charge in [0.1, 0.15) is 0 Å². The standard InChI is InChI=1S/C16H23N3/c1-3-14-6-8-15(9-7-14)11-17-10-4-5-16-12-18-19-13(16)2/h6-9,12,17H,3-5,10-11H2,1-2H3,(H,18,19). The van der Waals surface area contributed by atoms with E-state index in [4.69, 9.17) is 0 Å². The molecule has 0 spiro atoms. The third kappa shape index (κ3) is 4.21. The maximum atomic E-state index is 4.04. The van der Waals surface area contributed by atoms with Crippen molar-refractivity contribution in [3.05, 3.63) is 52.8 Å². The smallest absolute Gasteiger partial charge is 0.0522 e. The second kappa shape index (κ2) is 7.10. The fourth-order valence-electron chi connectivity index (χ4n) is 2.16. The molecule has 1 aromatic heterocycles. The molecule has 0 saturated heterocycles. The van der Waals surface area contributed by atoms with Gasteiger partial charge in [0.05, 0.1) is 6.20 Å². The summed E-state index contributed by atoms with van der Waals surface area (Å²) in [6.45, 7) is 6.25. The second-order valence-electron chi connectivity index (χ2n) is 4.97. The molecule has 0 bridgehead atoms. The van der Waals surface area contributed by atoms with Gasteiger partial charge in [-0.3, -0.25) is 5.10 Å². The van der Waals surface area contributed by atoms with E-state index in [1.807, 2.05) is 6.20 Å². The summed E-state index contributed by atoms with van der Waals surface area (Å²) < 4.78 is 0. The summed E-state index contributed by atoms with van der Waals surface area (Å²) in [6.07, 6.45) is 5.27. The third-order valence-corrected chi connectivity index (χ3v) is 3.49. The average Bonchev–Trinajstić information content (AvgIpc) is 2.85. The van der Waals surface area contributed by atoms with Gasteiger partial charge >= 0.3 is 0 Å². The Morgan fingerprint density at radius 3 is 2.53 bits per heavy atom. The number of benzene rings is 1. The number of hydrogen-bond donors (Lipinski definition) is 2. The fraction of sp³-hybridized carbons (Fsp3) is 0.438. The van der Waals surface area contributed by atoms with Gasteiger partial charge in [0.25, 0.3) is 0 Å². The number of aryl methyl sites for hydroxylation is 3. The van der Waals surface area contributed by atoms with E-state index in [1.54, 1.807) is 0 Å². The van der Waals surface area contributed by atoms with Gasteiger partial charge in [0.2, 0.25) is 0 Å². The molecule has 1 heterocycles. The third-order valence-electron chi connectivity index (χ3n) is 3.49. The van der Waals surface area contributed by atoms with Crippen LogP contribution in [0.15, 0.2) is 30.5 Å². The van der Waals surface area contributed by atoms with Gasteiger partial charge in [0.15, 0.2) is 0 Å². The molecule has 1 aromatic carbocycles. The summed E-state index contributed by atoms with van der Waals surface area (Å²) in [6, 6.07) is 8.86. The summed E-state index contributed by atoms with van der Waals surface area (Å²) in [4.78, 5) is 0. The van der Waals surface area contributed by atoms with Crippen molar-refractivity contribution in [3.63, 3.8) is 0 Å². The molecule has 3 heteroatoms. The predicted octanol–water partition coefficient (Wildman–Crippen LogP) is 3.00. The maximum Gasteiger partial charge on any atom is 0.0522 e. The van der Waals surface area contributed by atoms with E-state index >= 15 is 0 Å². The molecule has 0 unspecified atom stereocenters. The number of aromatic amines is 1. The van der Waals surface area contributed by atoms with E-state index in [2.05, 4.69) is 53.6 Å². The molecule has 2 rings (SSSR count). The van der Waals surface area contributed by atoms with Gasteiger partial charge in [-0.05, 0) is 49.4 Å². The lowest BCUT2D eigenvalue weighted by molar-refractivity contribution is 0.648. The van der Waals surface area contributed by atoms with Crippen molar-refractivity contribution >= 4 is 0 Å². The van der Waals surface area contributed by atoms with E-state index in [-0.39, 0.29) is 0 Å². The number of nitrogens with one attached hydrogen (secondary N) is 2. The van der Waals surface area contributed by atoms with Crippen LogP contribution in [-0.2, 0) is 19.4 Å². The quantitative estimate of drug-likeness (QED) is 0.749. The summed E-state index contributed by atoms with van der Waals surface area (Å²) in [5.41, 5.74) is 5.28. The Morgan fingerprint density at radius 1 is 1.16 bits per heavy atom. The molecular formula is C16H23N3. The zero-order valence-electron chi connectivity index (χ0n) is 11.9. The first-order valence-electron chi connectivity index (χ1n) is 7.07. The van der Waals surface area contributed by atoms with E-state index < -0.39 is 0 Å². The molecule has 2 aromatic rings. The van der Waals surface area contributed by atoms with Gasteiger partial charge in [-0.2, -0.15) is 5.10 Å². The normalized spacial score (nSPS) is 10.8. The van der Waals surface area contributed by atoms with E-state index in [0.29, 0.717) is 0 Å². The Bertz CT molecular complexity index is 485. The Kier molecular flexibility index (Phi) is 5.16. The van der Waals surface area contributed by atoms with Crippen LogP contribution in [0.4, 0.5) is 0 Å². The number of nitrogens with zero attached hydrogens (tertiary/aromatic N) is 1. The van der Waals surface area contributed by atoms with Crippen LogP contribution in [0.2, 0.25) is 0 Å². The lowest BCUT2D eigenvalue weighted by atomic mass is 10.1. The summed E-state index contributed by atoms with van der Waals surface area (Å²) >= 11 is 0. The number of H-pyrrole nitrogens is 1. The lowest BCUT2D eigenvalue weighted by Gasteiger charge is -2.05. The molecule has 0 atom stereocenters. The molecule has 0 aliphatic heterocycles. The average molecular weight is 257 g/mol. The topological polar surface area (TPSA) is 40.7 Å². The monoisotopic (exact) mass is 257 g/mol. The van der Waals surface area contributed by atoms with Gasteiger partial charge in [-0.1, -0.05) is 31.2 Å². The minimum absolute atomic E-state index is 0.953. The summed E-state index contributed by atoms with van der Waals surface area (Å²) in [5.74, 6) is 0. The maximum absolute atomic E-state index is 4.04. The molecule has 0 aliphatic carbocycles. The molecule has 0 fully saturated rings. The van der Waals surface area contributed by atoms with Crippen molar-refractivity contribution in [1.29, 1.82) is 0 Å². The lowest BCUT2D eigenvalue weighted by Crippen LogP contribution is -2.15. The van der Waals surface area contributed by atoms with Crippen molar-refractivity contribution in [2.24, 2.45) is 0 Å². The van der Waals surface area contributed by atoms with Crippen molar-refractivity contribution in [3.8, 4) is 0 Å². The van der Waals surface area contributed by atoms with Gasteiger partial charge < -0.3 is 5.32 Å². The fourth-order valence-corrected chi connectivity index (χ4v) is 2.16. The largest absolute Gasteiger partial charge is 0.313 e. The molecule has 102 valence electrons. The van der Waals surface area contributed by atoms with Crippen LogP contribution in [-0.4, -0.2) is 16.7 Å². The van der Waals surface area contributed by atoms with E-state index in [9.17, 15) is 0 Å². The number of rotatable bonds is 7. The molecule has 3 nitrogen and oxygen atoms in total. The van der Waals surface area contributed by atoms with Crippen molar-refractivity contribution < 1.29 is 0 Å². The highest BCUT2D eigenvalue weighted by atomic mass is 15.1. The molecule has 0 aliphatic rings. The van der Waals surface area contributed by atoms with Crippen LogP contribution >= 0.6 is 0 Å². The molecular weight excluding hydrogens is 234 g/mol. The van der Waals surface area contributed by atoms with Crippen LogP contribution in [0.5, 0.6) is 0 Å². The Labute approximate surface area is 115 Å². The first-order chi connectivity index (χ1) is 9.29. The molecule has 2 N–H and O–H groups in total. The first-order valence-corrected chi connectivity index (χ1v) is 7.07. The van der Waals surface area contributed by atoms with Crippen molar-refractivity contribution in [1.82, 2.24) is 15.5 Å². The Balaban J connectivity index is 1.65. The highest BCUT2D eigenvalue weighted by Gasteiger charge is 1.99. The zero-order valence-corrected chi connectivity index (χ0v) is 11.9. The van der Waals surface area contributed by atoms with Crippen molar-refractivity contribution in [2.45, 2.75) is 39.7 Å². The highest BCUT2D eigenvalue weighted by Crippen LogP contribution is 2.06. The van der Waals surface area contributed by atoms with Crippen LogP contribution in [0.3, 0.4) is 0 Å². The van der Waals surface area contributed by atoms with Gasteiger partial charge in [-0.25, -0.2) is 0 Å². The predicted molar refractivity (Wildman–Crippen MR) is 79.2 cm³/mol. The van der Waals surface area contributed by atoms with Crippen molar-refractivity contribution in [2.75, 3.05) is 6.54 Å². The van der Waals surface area contributed by atoms with E-state index in [0.717, 1.165) is 32.4 Å². The minimum Gasteiger partial charge on any atom is -0.313 e. The minimum atomic E-state index is 0.953. The Hall–Kier alpha value is -1.61. The molecule has 0 radical (unpaired) electrons. The van der Waals surface area contributed by atoms with Crippen LogP contribution in [0.25, 0.3) is 0 Å². The first kappa shape index (κ1) is 13.8. The molecule has 0 amide bonds. The second-order valence-corrected chi connectivity index (χ2v) is 4.97. The number of hydrogen-bond acceptors (Lipinski definition) is 2. The number of aromatic nitrogens is 2. The van der Waals surface area contributed by atoms with Gasteiger partial charge in [-0.15, -0.1) is 0 Å². The molecule has 0 saturated carbocycles. The zero-order chi connectivity index (χ0) is 13.5. The Morgan fingerprint density at radius 2 is 1.89 bits per heavy atom. The SMILES string of the molecule is CCc1ccc(CNCCCc2cn[nH]c2C)cc1. The van der Waals surface area contributed by atoms with Crippen LogP contribution in [0, 0.1) is 6.92 Å². The highest BCUT2D eigenvalue weighted by molar-refractivity contribution is 5.22. The van der Waals surface area contributed by atoms with Gasteiger partial charge in [0, 0.05) is 12.2 Å². The van der Waals surface area contributed by atoms with Crippen LogP contribution < -0.4 is 5.32 Å². The summed E-state index contributed by atoms with van der Waals surface area (Å²) in [7, 11) is 0. The van der Waals surface area contributed by atoms with E-state index in [1.165, 1.54) is 22.4 Å².